The van der Waals surface area contributed by atoms with Crippen molar-refractivity contribution < 1.29 is 19.4 Å². The molecule has 1 aromatic carbocycles. The minimum Gasteiger partial charge on any atom is -0.503 e. The van der Waals surface area contributed by atoms with Gasteiger partial charge >= 0.3 is 0 Å². The van der Waals surface area contributed by atoms with Crippen molar-refractivity contribution in [3.8, 4) is 0 Å². The highest BCUT2D eigenvalue weighted by Crippen LogP contribution is 2.38. The molecule has 0 aliphatic carbocycles. The molecule has 0 bridgehead atoms. The van der Waals surface area contributed by atoms with Crippen molar-refractivity contribution in [3.05, 3.63) is 45.6 Å². The van der Waals surface area contributed by atoms with Gasteiger partial charge < -0.3 is 14.7 Å². The van der Waals surface area contributed by atoms with Crippen molar-refractivity contribution in [2.75, 3.05) is 39.4 Å². The Hall–Kier alpha value is -1.70. The second-order valence-corrected chi connectivity index (χ2v) is 7.49. The van der Waals surface area contributed by atoms with Crippen LogP contribution in [-0.4, -0.2) is 66.0 Å². The van der Waals surface area contributed by atoms with Gasteiger partial charge in [0.2, 0.25) is 0 Å². The van der Waals surface area contributed by atoms with Gasteiger partial charge in [-0.3, -0.25) is 14.5 Å². The summed E-state index contributed by atoms with van der Waals surface area (Å²) < 4.78 is 6.27. The first-order valence-corrected chi connectivity index (χ1v) is 9.59. The molecule has 3 rings (SSSR count). The van der Waals surface area contributed by atoms with Gasteiger partial charge in [0.05, 0.1) is 24.8 Å². The van der Waals surface area contributed by atoms with Gasteiger partial charge in [0.15, 0.2) is 11.5 Å². The zero-order valence-electron chi connectivity index (χ0n) is 14.8. The number of benzene rings is 1. The SMILES string of the molecule is CC(=O)C1=C(O)C(=O)N(CCCN2CCOCC2)C1c1ccc(Br)cc1. The summed E-state index contributed by atoms with van der Waals surface area (Å²) in [5.41, 5.74) is 1.01. The van der Waals surface area contributed by atoms with Gasteiger partial charge in [-0.25, -0.2) is 0 Å². The number of amides is 1. The maximum atomic E-state index is 12.6. The molecule has 140 valence electrons. The third-order valence-electron chi connectivity index (χ3n) is 4.85. The van der Waals surface area contributed by atoms with Crippen LogP contribution in [0.4, 0.5) is 0 Å². The summed E-state index contributed by atoms with van der Waals surface area (Å²) in [6.07, 6.45) is 0.775. The van der Waals surface area contributed by atoms with Gasteiger partial charge in [-0.05, 0) is 31.0 Å². The van der Waals surface area contributed by atoms with Crippen molar-refractivity contribution in [2.45, 2.75) is 19.4 Å². The van der Waals surface area contributed by atoms with E-state index in [2.05, 4.69) is 20.8 Å². The number of carbonyl (C=O) groups is 2. The van der Waals surface area contributed by atoms with Gasteiger partial charge in [0, 0.05) is 30.7 Å². The summed E-state index contributed by atoms with van der Waals surface area (Å²) in [4.78, 5) is 28.6. The van der Waals surface area contributed by atoms with E-state index < -0.39 is 17.7 Å². The molecule has 6 nitrogen and oxygen atoms in total. The number of aliphatic hydroxyl groups is 1. The fraction of sp³-hybridized carbons (Fsp3) is 0.474. The predicted octanol–water partition coefficient (Wildman–Crippen LogP) is 2.46. The molecule has 1 fully saturated rings. The van der Waals surface area contributed by atoms with E-state index in [1.165, 1.54) is 6.92 Å². The third-order valence-corrected chi connectivity index (χ3v) is 5.37. The van der Waals surface area contributed by atoms with Crippen LogP contribution in [-0.2, 0) is 14.3 Å². The summed E-state index contributed by atoms with van der Waals surface area (Å²) in [6, 6.07) is 6.96. The van der Waals surface area contributed by atoms with E-state index in [0.717, 1.165) is 49.3 Å². The zero-order valence-corrected chi connectivity index (χ0v) is 16.4. The number of hydrogen-bond acceptors (Lipinski definition) is 5. The van der Waals surface area contributed by atoms with E-state index in [1.807, 2.05) is 24.3 Å². The van der Waals surface area contributed by atoms with Crippen LogP contribution in [0, 0.1) is 0 Å². The number of Topliss-reactive ketones (excluding diaryl/α,β-unsaturated/α-hetero) is 1. The molecule has 1 atom stereocenters. The summed E-state index contributed by atoms with van der Waals surface area (Å²) >= 11 is 3.40. The minimum atomic E-state index is -0.530. The molecule has 1 aromatic rings. The average Bonchev–Trinajstić information content (AvgIpc) is 2.88. The van der Waals surface area contributed by atoms with Gasteiger partial charge in [0.1, 0.15) is 0 Å². The Morgan fingerprint density at radius 2 is 1.88 bits per heavy atom. The quantitative estimate of drug-likeness (QED) is 0.762. The molecule has 7 heteroatoms. The molecule has 26 heavy (non-hydrogen) atoms. The van der Waals surface area contributed by atoms with E-state index in [-0.39, 0.29) is 11.4 Å². The third kappa shape index (κ3) is 4.00. The van der Waals surface area contributed by atoms with Crippen LogP contribution < -0.4 is 0 Å². The summed E-state index contributed by atoms with van der Waals surface area (Å²) in [5.74, 6) is -1.17. The van der Waals surface area contributed by atoms with Crippen LogP contribution in [0.25, 0.3) is 0 Å². The van der Waals surface area contributed by atoms with Crippen molar-refractivity contribution in [1.82, 2.24) is 9.80 Å². The van der Waals surface area contributed by atoms with E-state index in [4.69, 9.17) is 4.74 Å². The van der Waals surface area contributed by atoms with Crippen molar-refractivity contribution in [1.29, 1.82) is 0 Å². The maximum Gasteiger partial charge on any atom is 0.290 e. The Balaban J connectivity index is 1.76. The van der Waals surface area contributed by atoms with Gasteiger partial charge in [0.25, 0.3) is 5.91 Å². The number of nitrogens with zero attached hydrogens (tertiary/aromatic N) is 2. The summed E-state index contributed by atoms with van der Waals surface area (Å²) in [6.45, 7) is 6.00. The number of aliphatic hydroxyl groups excluding tert-OH is 1. The number of ether oxygens (including phenoxy) is 1. The number of ketones is 1. The molecule has 0 saturated carbocycles. The standard InChI is InChI=1S/C19H23BrN2O4/c1-13(23)16-17(14-3-5-15(20)6-4-14)22(19(25)18(16)24)8-2-7-21-9-11-26-12-10-21/h3-6,17,24H,2,7-12H2,1H3. The highest BCUT2D eigenvalue weighted by molar-refractivity contribution is 9.10. The molecule has 2 heterocycles. The fourth-order valence-electron chi connectivity index (χ4n) is 3.52. The lowest BCUT2D eigenvalue weighted by Gasteiger charge is -2.29. The van der Waals surface area contributed by atoms with Crippen LogP contribution in [0.15, 0.2) is 40.1 Å². The number of halogens is 1. The van der Waals surface area contributed by atoms with Crippen LogP contribution in [0.5, 0.6) is 0 Å². The summed E-state index contributed by atoms with van der Waals surface area (Å²) in [5, 5.41) is 10.3. The number of hydrogen-bond donors (Lipinski definition) is 1. The predicted molar refractivity (Wildman–Crippen MR) is 101 cm³/mol. The smallest absolute Gasteiger partial charge is 0.290 e. The molecular weight excluding hydrogens is 400 g/mol. The first kappa shape index (κ1) is 19.1. The molecule has 1 N–H and O–H groups in total. The number of rotatable bonds is 6. The lowest BCUT2D eigenvalue weighted by molar-refractivity contribution is -0.129. The second kappa shape index (κ2) is 8.33. The topological polar surface area (TPSA) is 70.1 Å². The second-order valence-electron chi connectivity index (χ2n) is 6.58. The van der Waals surface area contributed by atoms with Crippen molar-refractivity contribution in [2.24, 2.45) is 0 Å². The first-order chi connectivity index (χ1) is 12.5. The largest absolute Gasteiger partial charge is 0.503 e. The van der Waals surface area contributed by atoms with E-state index >= 15 is 0 Å². The van der Waals surface area contributed by atoms with Gasteiger partial charge in [-0.15, -0.1) is 0 Å². The van der Waals surface area contributed by atoms with Crippen molar-refractivity contribution >= 4 is 27.6 Å². The fourth-order valence-corrected chi connectivity index (χ4v) is 3.79. The zero-order chi connectivity index (χ0) is 18.7. The lowest BCUT2D eigenvalue weighted by atomic mass is 9.97. The lowest BCUT2D eigenvalue weighted by Crippen LogP contribution is -2.39. The summed E-state index contributed by atoms with van der Waals surface area (Å²) in [7, 11) is 0. The highest BCUT2D eigenvalue weighted by atomic mass is 79.9. The molecule has 1 unspecified atom stereocenters. The Morgan fingerprint density at radius 1 is 1.23 bits per heavy atom. The molecule has 0 aromatic heterocycles. The van der Waals surface area contributed by atoms with E-state index in [0.29, 0.717) is 6.54 Å². The Kier molecular flexibility index (Phi) is 6.11. The minimum absolute atomic E-state index is 0.184. The highest BCUT2D eigenvalue weighted by Gasteiger charge is 2.41. The molecular formula is C19H23BrN2O4. The number of carbonyl (C=O) groups excluding carboxylic acids is 2. The average molecular weight is 423 g/mol. The maximum absolute atomic E-state index is 12.6. The Labute approximate surface area is 161 Å². The van der Waals surface area contributed by atoms with Crippen molar-refractivity contribution in [3.63, 3.8) is 0 Å². The molecule has 2 aliphatic rings. The van der Waals surface area contributed by atoms with Crippen LogP contribution >= 0.6 is 15.9 Å². The van der Waals surface area contributed by atoms with Gasteiger partial charge in [-0.2, -0.15) is 0 Å². The molecule has 2 aliphatic heterocycles. The molecule has 0 radical (unpaired) electrons. The monoisotopic (exact) mass is 422 g/mol. The Morgan fingerprint density at radius 3 is 2.50 bits per heavy atom. The van der Waals surface area contributed by atoms with E-state index in [1.54, 1.807) is 4.90 Å². The molecule has 0 spiro atoms. The van der Waals surface area contributed by atoms with Crippen LogP contribution in [0.3, 0.4) is 0 Å². The number of morpholine rings is 1. The van der Waals surface area contributed by atoms with E-state index in [9.17, 15) is 14.7 Å². The molecule has 1 amide bonds. The van der Waals surface area contributed by atoms with Crippen LogP contribution in [0.1, 0.15) is 24.9 Å². The first-order valence-electron chi connectivity index (χ1n) is 8.79. The Bertz CT molecular complexity index is 711. The van der Waals surface area contributed by atoms with Crippen LogP contribution in [0.2, 0.25) is 0 Å². The molecule has 1 saturated heterocycles. The van der Waals surface area contributed by atoms with Gasteiger partial charge in [-0.1, -0.05) is 28.1 Å². The normalized spacial score (nSPS) is 21.5.